The number of nitrogens with zero attached hydrogens (tertiary/aromatic N) is 1. The number of rotatable bonds is 4. The number of para-hydroxylation sites is 1. The zero-order valence-corrected chi connectivity index (χ0v) is 11.9. The summed E-state index contributed by atoms with van der Waals surface area (Å²) in [5.74, 6) is 0. The van der Waals surface area contributed by atoms with Crippen LogP contribution in [0.4, 0.5) is 0 Å². The fourth-order valence-electron chi connectivity index (χ4n) is 3.17. The second-order valence-electron chi connectivity index (χ2n) is 5.43. The number of hydrogen-bond donors (Lipinski definition) is 1. The summed E-state index contributed by atoms with van der Waals surface area (Å²) < 4.78 is 11.2. The first kappa shape index (κ1) is 13.6. The quantitative estimate of drug-likeness (QED) is 0.931. The number of nitrogens with two attached hydrogens (primary N) is 1. The Hall–Kier alpha value is -1.36. The molecule has 2 heterocycles. The number of likely N-dealkylation sites (tertiary alicyclic amines) is 1. The van der Waals surface area contributed by atoms with E-state index in [9.17, 15) is 0 Å². The van der Waals surface area contributed by atoms with Gasteiger partial charge < -0.3 is 14.9 Å². The molecule has 2 aromatic rings. The highest BCUT2D eigenvalue weighted by atomic mass is 16.5. The number of hydrogen-bond acceptors (Lipinski definition) is 4. The molecule has 4 nitrogen and oxygen atoms in total. The second kappa shape index (κ2) is 5.95. The molecule has 0 radical (unpaired) electrons. The first-order chi connectivity index (χ1) is 9.83. The monoisotopic (exact) mass is 274 g/mol. The molecule has 0 bridgehead atoms. The van der Waals surface area contributed by atoms with E-state index in [1.807, 2.05) is 24.5 Å². The number of methoxy groups -OCH3 is 1. The Morgan fingerprint density at radius 2 is 2.30 bits per heavy atom. The molecule has 0 aliphatic carbocycles. The van der Waals surface area contributed by atoms with Crippen LogP contribution in [0.5, 0.6) is 0 Å². The van der Waals surface area contributed by atoms with Gasteiger partial charge in [0.1, 0.15) is 5.58 Å². The van der Waals surface area contributed by atoms with Gasteiger partial charge in [-0.25, -0.2) is 0 Å². The van der Waals surface area contributed by atoms with Crippen LogP contribution in [0.1, 0.15) is 24.4 Å². The second-order valence-corrected chi connectivity index (χ2v) is 5.43. The van der Waals surface area contributed by atoms with E-state index in [0.29, 0.717) is 12.6 Å². The lowest BCUT2D eigenvalue weighted by atomic mass is 10.00. The van der Waals surface area contributed by atoms with Gasteiger partial charge in [-0.3, -0.25) is 4.90 Å². The van der Waals surface area contributed by atoms with E-state index >= 15 is 0 Å². The normalized spacial score (nSPS) is 22.2. The molecule has 1 fully saturated rings. The van der Waals surface area contributed by atoms with E-state index < -0.39 is 0 Å². The van der Waals surface area contributed by atoms with Crippen LogP contribution in [-0.4, -0.2) is 37.7 Å². The van der Waals surface area contributed by atoms with Gasteiger partial charge in [-0.15, -0.1) is 0 Å². The summed E-state index contributed by atoms with van der Waals surface area (Å²) in [6.07, 6.45) is 4.47. The minimum atomic E-state index is 0.205. The van der Waals surface area contributed by atoms with Crippen LogP contribution in [0, 0.1) is 0 Å². The van der Waals surface area contributed by atoms with Gasteiger partial charge in [-0.1, -0.05) is 18.2 Å². The van der Waals surface area contributed by atoms with E-state index in [0.717, 1.165) is 31.5 Å². The molecule has 1 aliphatic heterocycles. The van der Waals surface area contributed by atoms with Crippen LogP contribution in [0.15, 0.2) is 34.9 Å². The average molecular weight is 274 g/mol. The molecule has 2 N–H and O–H groups in total. The van der Waals surface area contributed by atoms with Crippen LogP contribution in [0.3, 0.4) is 0 Å². The number of benzene rings is 1. The third-order valence-electron chi connectivity index (χ3n) is 4.28. The molecular weight excluding hydrogens is 252 g/mol. The molecule has 1 aliphatic rings. The highest BCUT2D eigenvalue weighted by molar-refractivity contribution is 5.81. The summed E-state index contributed by atoms with van der Waals surface area (Å²) in [6, 6.07) is 8.35. The Balaban J connectivity index is 1.89. The van der Waals surface area contributed by atoms with E-state index in [2.05, 4.69) is 11.0 Å². The highest BCUT2D eigenvalue weighted by Gasteiger charge is 2.27. The number of piperidine rings is 1. The summed E-state index contributed by atoms with van der Waals surface area (Å²) in [5.41, 5.74) is 8.17. The third kappa shape index (κ3) is 2.46. The van der Waals surface area contributed by atoms with Gasteiger partial charge in [0.05, 0.1) is 18.4 Å². The molecule has 2 unspecified atom stereocenters. The lowest BCUT2D eigenvalue weighted by Crippen LogP contribution is -2.43. The summed E-state index contributed by atoms with van der Waals surface area (Å²) in [6.45, 7) is 2.61. The van der Waals surface area contributed by atoms with Gasteiger partial charge >= 0.3 is 0 Å². The van der Waals surface area contributed by atoms with Crippen LogP contribution < -0.4 is 5.73 Å². The van der Waals surface area contributed by atoms with Crippen molar-refractivity contribution < 1.29 is 9.15 Å². The topological polar surface area (TPSA) is 51.6 Å². The van der Waals surface area contributed by atoms with Crippen molar-refractivity contribution in [2.45, 2.75) is 25.0 Å². The van der Waals surface area contributed by atoms with E-state index in [1.165, 1.54) is 10.9 Å². The minimum Gasteiger partial charge on any atom is -0.464 e. The van der Waals surface area contributed by atoms with Gasteiger partial charge in [0.2, 0.25) is 0 Å². The maximum Gasteiger partial charge on any atom is 0.134 e. The minimum absolute atomic E-state index is 0.205. The molecule has 1 aromatic carbocycles. The zero-order valence-electron chi connectivity index (χ0n) is 11.9. The van der Waals surface area contributed by atoms with E-state index in [1.54, 1.807) is 7.11 Å². The molecule has 0 spiro atoms. The average Bonchev–Trinajstić information content (AvgIpc) is 2.93. The number of furan rings is 1. The summed E-state index contributed by atoms with van der Waals surface area (Å²) >= 11 is 0. The molecule has 20 heavy (non-hydrogen) atoms. The Morgan fingerprint density at radius 3 is 3.10 bits per heavy atom. The SMILES string of the molecule is COC1CCCN(C(CN)c2coc3ccccc23)C1. The van der Waals surface area contributed by atoms with Crippen molar-refractivity contribution in [3.05, 3.63) is 36.1 Å². The summed E-state index contributed by atoms with van der Waals surface area (Å²) in [5, 5.41) is 1.17. The molecule has 0 amide bonds. The molecule has 1 saturated heterocycles. The van der Waals surface area contributed by atoms with Gasteiger partial charge in [0.25, 0.3) is 0 Å². The van der Waals surface area contributed by atoms with Crippen molar-refractivity contribution in [2.24, 2.45) is 5.73 Å². The largest absolute Gasteiger partial charge is 0.464 e. The van der Waals surface area contributed by atoms with Gasteiger partial charge in [-0.2, -0.15) is 0 Å². The molecule has 1 aromatic heterocycles. The fraction of sp³-hybridized carbons (Fsp3) is 0.500. The van der Waals surface area contributed by atoms with Gasteiger partial charge in [0, 0.05) is 31.1 Å². The van der Waals surface area contributed by atoms with Crippen molar-refractivity contribution in [3.63, 3.8) is 0 Å². The lowest BCUT2D eigenvalue weighted by Gasteiger charge is -2.37. The van der Waals surface area contributed by atoms with Crippen molar-refractivity contribution in [1.82, 2.24) is 4.90 Å². The number of ether oxygens (including phenoxy) is 1. The maximum atomic E-state index is 6.05. The predicted molar refractivity (Wildman–Crippen MR) is 79.6 cm³/mol. The van der Waals surface area contributed by atoms with Crippen LogP contribution >= 0.6 is 0 Å². The Labute approximate surface area is 119 Å². The van der Waals surface area contributed by atoms with Crippen LogP contribution in [0.25, 0.3) is 11.0 Å². The smallest absolute Gasteiger partial charge is 0.134 e. The highest BCUT2D eigenvalue weighted by Crippen LogP contribution is 2.31. The van der Waals surface area contributed by atoms with Gasteiger partial charge in [0.15, 0.2) is 0 Å². The maximum absolute atomic E-state index is 6.05. The van der Waals surface area contributed by atoms with E-state index in [4.69, 9.17) is 14.9 Å². The molecule has 3 rings (SSSR count). The molecule has 0 saturated carbocycles. The lowest BCUT2D eigenvalue weighted by molar-refractivity contribution is 0.0156. The Morgan fingerprint density at radius 1 is 1.45 bits per heavy atom. The summed E-state index contributed by atoms with van der Waals surface area (Å²) in [7, 11) is 1.79. The molecule has 2 atom stereocenters. The molecule has 4 heteroatoms. The van der Waals surface area contributed by atoms with E-state index in [-0.39, 0.29) is 6.04 Å². The van der Waals surface area contributed by atoms with Crippen LogP contribution in [0.2, 0.25) is 0 Å². The van der Waals surface area contributed by atoms with Crippen molar-refractivity contribution >= 4 is 11.0 Å². The zero-order chi connectivity index (χ0) is 13.9. The first-order valence-electron chi connectivity index (χ1n) is 7.26. The Bertz CT molecular complexity index is 566. The van der Waals surface area contributed by atoms with Crippen molar-refractivity contribution in [1.29, 1.82) is 0 Å². The molecule has 108 valence electrons. The van der Waals surface area contributed by atoms with Crippen molar-refractivity contribution in [2.75, 3.05) is 26.7 Å². The van der Waals surface area contributed by atoms with Crippen molar-refractivity contribution in [3.8, 4) is 0 Å². The fourth-order valence-corrected chi connectivity index (χ4v) is 3.17. The summed E-state index contributed by atoms with van der Waals surface area (Å²) in [4.78, 5) is 2.43. The first-order valence-corrected chi connectivity index (χ1v) is 7.26. The third-order valence-corrected chi connectivity index (χ3v) is 4.28. The van der Waals surface area contributed by atoms with Gasteiger partial charge in [-0.05, 0) is 25.5 Å². The molecular formula is C16H22N2O2. The standard InChI is InChI=1S/C16H22N2O2/c1-19-12-5-4-8-18(10-12)15(9-17)14-11-20-16-7-3-2-6-13(14)16/h2-3,6-7,11-12,15H,4-5,8-10,17H2,1H3. The number of fused-ring (bicyclic) bond motifs is 1. The van der Waals surface area contributed by atoms with Crippen LogP contribution in [-0.2, 0) is 4.74 Å². The Kier molecular flexibility index (Phi) is 4.05. The predicted octanol–water partition coefficient (Wildman–Crippen LogP) is 2.54.